The first kappa shape index (κ1) is 26.4. The lowest BCUT2D eigenvalue weighted by Crippen LogP contribution is -2.33. The number of carbonyl (C=O) groups excluding carboxylic acids is 1. The van der Waals surface area contributed by atoms with Crippen LogP contribution in [-0.4, -0.2) is 45.1 Å². The fourth-order valence-corrected chi connectivity index (χ4v) is 6.00. The van der Waals surface area contributed by atoms with E-state index in [2.05, 4.69) is 20.3 Å². The normalized spacial score (nSPS) is 12.7. The summed E-state index contributed by atoms with van der Waals surface area (Å²) in [5, 5.41) is 13.5. The van der Waals surface area contributed by atoms with Gasteiger partial charge in [-0.25, -0.2) is 14.8 Å². The number of ether oxygens (including phenoxy) is 1. The average molecular weight is 566 g/mol. The fourth-order valence-electron chi connectivity index (χ4n) is 5.14. The molecule has 0 unspecified atom stereocenters. The number of pyridine rings is 2. The molecule has 6 rings (SSSR count). The number of para-hydroxylation sites is 1. The Bertz CT molecular complexity index is 1770. The molecule has 0 radical (unpaired) electrons. The van der Waals surface area contributed by atoms with Crippen LogP contribution in [0.4, 0.5) is 10.9 Å². The minimum Gasteiger partial charge on any atom is -0.494 e. The molecule has 0 saturated heterocycles. The van der Waals surface area contributed by atoms with Gasteiger partial charge in [-0.2, -0.15) is 0 Å². The van der Waals surface area contributed by atoms with E-state index in [9.17, 15) is 14.7 Å². The molecule has 2 aromatic carbocycles. The van der Waals surface area contributed by atoms with Crippen LogP contribution < -0.4 is 15.0 Å². The number of aryl methyl sites for hydroxylation is 1. The van der Waals surface area contributed by atoms with E-state index in [1.54, 1.807) is 12.3 Å². The van der Waals surface area contributed by atoms with Gasteiger partial charge in [0, 0.05) is 30.4 Å². The molecule has 5 aromatic rings. The van der Waals surface area contributed by atoms with Crippen LogP contribution >= 0.6 is 11.3 Å². The van der Waals surface area contributed by atoms with Crippen molar-refractivity contribution in [3.05, 3.63) is 94.9 Å². The van der Waals surface area contributed by atoms with Crippen LogP contribution in [0.1, 0.15) is 44.6 Å². The van der Waals surface area contributed by atoms with E-state index < -0.39 is 5.97 Å². The largest absolute Gasteiger partial charge is 0.494 e. The van der Waals surface area contributed by atoms with E-state index in [1.807, 2.05) is 73.3 Å². The molecule has 0 aliphatic carbocycles. The minimum absolute atomic E-state index is 0.0273. The van der Waals surface area contributed by atoms with E-state index in [4.69, 9.17) is 4.74 Å². The summed E-state index contributed by atoms with van der Waals surface area (Å²) >= 11 is 1.41. The van der Waals surface area contributed by atoms with Crippen LogP contribution in [0.25, 0.3) is 21.3 Å². The predicted octanol–water partition coefficient (Wildman–Crippen LogP) is 5.97. The number of nitrogens with one attached hydrogen (secondary N) is 1. The van der Waals surface area contributed by atoms with Crippen molar-refractivity contribution in [3.63, 3.8) is 0 Å². The van der Waals surface area contributed by atoms with E-state index in [0.29, 0.717) is 48.3 Å². The number of carboxylic acid groups (broad SMARTS) is 1. The second-order valence-corrected chi connectivity index (χ2v) is 10.7. The standard InChI is InChI=1S/C31H27N5O4S/c1-3-40-20-8-9-21(18(2)16-20)22-10-11-26(34-28(22)30(38)39)36-15-13-19-12-14-32-27(23(19)17-36)29(37)35-31-33-24-6-4-5-7-25(24)41-31/h4-12,14,16H,3,13,15,17H2,1-2H3,(H,38,39)(H,33,35,37). The van der Waals surface area contributed by atoms with Gasteiger partial charge >= 0.3 is 5.97 Å². The van der Waals surface area contributed by atoms with Gasteiger partial charge in [0.1, 0.15) is 17.3 Å². The summed E-state index contributed by atoms with van der Waals surface area (Å²) in [7, 11) is 0. The van der Waals surface area contributed by atoms with Crippen molar-refractivity contribution in [3.8, 4) is 16.9 Å². The number of aromatic carboxylic acids is 1. The number of aromatic nitrogens is 3. The molecule has 41 heavy (non-hydrogen) atoms. The Morgan fingerprint density at radius 2 is 1.88 bits per heavy atom. The molecule has 0 atom stereocenters. The number of rotatable bonds is 7. The lowest BCUT2D eigenvalue weighted by molar-refractivity contribution is 0.0691. The van der Waals surface area contributed by atoms with Crippen LogP contribution in [0.3, 0.4) is 0 Å². The van der Waals surface area contributed by atoms with Gasteiger partial charge in [0.15, 0.2) is 10.8 Å². The summed E-state index contributed by atoms with van der Waals surface area (Å²) in [6.07, 6.45) is 2.32. The Morgan fingerprint density at radius 3 is 2.66 bits per heavy atom. The molecule has 9 nitrogen and oxygen atoms in total. The zero-order valence-corrected chi connectivity index (χ0v) is 23.4. The molecule has 0 spiro atoms. The summed E-state index contributed by atoms with van der Waals surface area (Å²) < 4.78 is 6.57. The maximum absolute atomic E-state index is 13.3. The number of hydrogen-bond acceptors (Lipinski definition) is 8. The van der Waals surface area contributed by atoms with Gasteiger partial charge in [-0.15, -0.1) is 0 Å². The number of nitrogens with zero attached hydrogens (tertiary/aromatic N) is 4. The maximum Gasteiger partial charge on any atom is 0.355 e. The highest BCUT2D eigenvalue weighted by atomic mass is 32.1. The van der Waals surface area contributed by atoms with Crippen molar-refractivity contribution in [2.24, 2.45) is 0 Å². The topological polar surface area (TPSA) is 118 Å². The SMILES string of the molecule is CCOc1ccc(-c2ccc(N3CCc4ccnc(C(=O)Nc5nc6ccccc6s5)c4C3)nc2C(=O)O)c(C)c1. The van der Waals surface area contributed by atoms with Crippen LogP contribution in [0.2, 0.25) is 0 Å². The van der Waals surface area contributed by atoms with Crippen molar-refractivity contribution >= 4 is 44.4 Å². The Labute approximate surface area is 240 Å². The third-order valence-corrected chi connectivity index (χ3v) is 8.04. The molecule has 1 aliphatic heterocycles. The van der Waals surface area contributed by atoms with Crippen molar-refractivity contribution in [1.82, 2.24) is 15.0 Å². The number of anilines is 2. The summed E-state index contributed by atoms with van der Waals surface area (Å²) in [5.74, 6) is -0.172. The Kier molecular flexibility index (Phi) is 7.07. The molecule has 2 N–H and O–H groups in total. The highest BCUT2D eigenvalue weighted by molar-refractivity contribution is 7.22. The number of benzene rings is 2. The van der Waals surface area contributed by atoms with Gasteiger partial charge in [0.05, 0.1) is 16.8 Å². The van der Waals surface area contributed by atoms with E-state index >= 15 is 0 Å². The van der Waals surface area contributed by atoms with Gasteiger partial charge in [0.25, 0.3) is 5.91 Å². The molecular formula is C31H27N5O4S. The zero-order chi connectivity index (χ0) is 28.5. The molecule has 0 bridgehead atoms. The first-order valence-corrected chi connectivity index (χ1v) is 14.1. The van der Waals surface area contributed by atoms with Crippen molar-refractivity contribution in [2.75, 3.05) is 23.4 Å². The monoisotopic (exact) mass is 565 g/mol. The van der Waals surface area contributed by atoms with E-state index in [-0.39, 0.29) is 11.6 Å². The maximum atomic E-state index is 13.3. The molecule has 206 valence electrons. The molecule has 10 heteroatoms. The summed E-state index contributed by atoms with van der Waals surface area (Å²) in [6, 6.07) is 18.9. The van der Waals surface area contributed by atoms with Gasteiger partial charge in [-0.05, 0) is 79.4 Å². The molecule has 1 aliphatic rings. The number of hydrogen-bond donors (Lipinski definition) is 2. The first-order valence-electron chi connectivity index (χ1n) is 13.3. The number of fused-ring (bicyclic) bond motifs is 2. The lowest BCUT2D eigenvalue weighted by Gasteiger charge is -2.31. The third kappa shape index (κ3) is 5.21. The molecule has 0 saturated carbocycles. The Balaban J connectivity index is 1.28. The zero-order valence-electron chi connectivity index (χ0n) is 22.5. The number of carbonyl (C=O) groups is 2. The van der Waals surface area contributed by atoms with Crippen molar-refractivity contribution < 1.29 is 19.4 Å². The summed E-state index contributed by atoms with van der Waals surface area (Å²) in [4.78, 5) is 41.1. The predicted molar refractivity (Wildman–Crippen MR) is 159 cm³/mol. The number of amides is 1. The van der Waals surface area contributed by atoms with Crippen LogP contribution in [0, 0.1) is 6.92 Å². The minimum atomic E-state index is -1.11. The van der Waals surface area contributed by atoms with Gasteiger partial charge in [-0.3, -0.25) is 15.1 Å². The second-order valence-electron chi connectivity index (χ2n) is 9.69. The highest BCUT2D eigenvalue weighted by Crippen LogP contribution is 2.33. The molecule has 1 amide bonds. The molecule has 0 fully saturated rings. The highest BCUT2D eigenvalue weighted by Gasteiger charge is 2.26. The summed E-state index contributed by atoms with van der Waals surface area (Å²) in [5.41, 5.74) is 5.17. The number of thiazole rings is 1. The van der Waals surface area contributed by atoms with Gasteiger partial charge < -0.3 is 14.7 Å². The second kappa shape index (κ2) is 11.0. The molecule has 4 heterocycles. The fraction of sp³-hybridized carbons (Fsp3) is 0.194. The van der Waals surface area contributed by atoms with Gasteiger partial charge in [0.2, 0.25) is 0 Å². The van der Waals surface area contributed by atoms with Crippen LogP contribution in [-0.2, 0) is 13.0 Å². The molecular weight excluding hydrogens is 538 g/mol. The quantitative estimate of drug-likeness (QED) is 0.248. The first-order chi connectivity index (χ1) is 19.9. The summed E-state index contributed by atoms with van der Waals surface area (Å²) in [6.45, 7) is 5.40. The Morgan fingerprint density at radius 1 is 1.05 bits per heavy atom. The van der Waals surface area contributed by atoms with E-state index in [0.717, 1.165) is 38.2 Å². The Hall–Kier alpha value is -4.83. The smallest absolute Gasteiger partial charge is 0.355 e. The van der Waals surface area contributed by atoms with Crippen molar-refractivity contribution in [2.45, 2.75) is 26.8 Å². The third-order valence-electron chi connectivity index (χ3n) is 7.09. The van der Waals surface area contributed by atoms with Gasteiger partial charge in [-0.1, -0.05) is 29.5 Å². The molecule has 3 aromatic heterocycles. The van der Waals surface area contributed by atoms with E-state index in [1.165, 1.54) is 11.3 Å². The lowest BCUT2D eigenvalue weighted by atomic mass is 9.97. The van der Waals surface area contributed by atoms with Crippen molar-refractivity contribution in [1.29, 1.82) is 0 Å². The van der Waals surface area contributed by atoms with Crippen LogP contribution in [0.5, 0.6) is 5.75 Å². The number of carboxylic acids is 1. The average Bonchev–Trinajstić information content (AvgIpc) is 3.39. The van der Waals surface area contributed by atoms with Crippen LogP contribution in [0.15, 0.2) is 66.9 Å².